The van der Waals surface area contributed by atoms with Crippen molar-refractivity contribution < 1.29 is 9.59 Å². The van der Waals surface area contributed by atoms with Crippen LogP contribution < -0.4 is 10.2 Å². The summed E-state index contributed by atoms with van der Waals surface area (Å²) in [5.41, 5.74) is 2.81. The number of hydrogen-bond acceptors (Lipinski definition) is 3. The molecule has 0 fully saturated rings. The lowest BCUT2D eigenvalue weighted by Gasteiger charge is -2.24. The lowest BCUT2D eigenvalue weighted by Crippen LogP contribution is -2.38. The Bertz CT molecular complexity index is 552. The summed E-state index contributed by atoms with van der Waals surface area (Å²) in [5, 5.41) is 2.99. The van der Waals surface area contributed by atoms with E-state index in [-0.39, 0.29) is 23.7 Å². The van der Waals surface area contributed by atoms with E-state index < -0.39 is 0 Å². The molecule has 1 heterocycles. The molecule has 0 aliphatic carbocycles. The minimum absolute atomic E-state index is 0.0182. The van der Waals surface area contributed by atoms with E-state index in [1.54, 1.807) is 0 Å². The van der Waals surface area contributed by atoms with Crippen molar-refractivity contribution in [3.8, 4) is 0 Å². The van der Waals surface area contributed by atoms with Gasteiger partial charge in [-0.1, -0.05) is 13.8 Å². The zero-order valence-electron chi connectivity index (χ0n) is 13.3. The van der Waals surface area contributed by atoms with Gasteiger partial charge < -0.3 is 10.2 Å². The maximum Gasteiger partial charge on any atom is 0.229 e. The summed E-state index contributed by atoms with van der Waals surface area (Å²) >= 11 is 0. The SMILES string of the molecule is CNCCC(=O)c1ccc2c(c1)CC(C)N2C(=O)C(C)C. The number of ketones is 1. The average Bonchev–Trinajstić information content (AvgIpc) is 2.78. The molecular formula is C17H24N2O2. The Morgan fingerprint density at radius 3 is 2.71 bits per heavy atom. The number of carbonyl (C=O) groups excluding carboxylic acids is 2. The molecule has 0 saturated carbocycles. The highest BCUT2D eigenvalue weighted by Gasteiger charge is 2.32. The minimum Gasteiger partial charge on any atom is -0.319 e. The predicted octanol–water partition coefficient (Wildman–Crippen LogP) is 2.41. The third-order valence-electron chi connectivity index (χ3n) is 3.95. The number of benzene rings is 1. The molecule has 114 valence electrons. The Hall–Kier alpha value is -1.68. The monoisotopic (exact) mass is 288 g/mol. The van der Waals surface area contributed by atoms with E-state index in [4.69, 9.17) is 0 Å². The van der Waals surface area contributed by atoms with Crippen molar-refractivity contribution in [1.29, 1.82) is 0 Å². The van der Waals surface area contributed by atoms with Gasteiger partial charge in [-0.25, -0.2) is 0 Å². The lowest BCUT2D eigenvalue weighted by atomic mass is 10.0. The fourth-order valence-corrected chi connectivity index (χ4v) is 2.80. The summed E-state index contributed by atoms with van der Waals surface area (Å²) in [6.45, 7) is 6.58. The summed E-state index contributed by atoms with van der Waals surface area (Å²) < 4.78 is 0. The molecule has 1 aromatic rings. The largest absolute Gasteiger partial charge is 0.319 e. The molecule has 1 atom stereocenters. The molecule has 1 amide bonds. The molecule has 1 N–H and O–H groups in total. The highest BCUT2D eigenvalue weighted by molar-refractivity contribution is 6.00. The summed E-state index contributed by atoms with van der Waals surface area (Å²) in [6.07, 6.45) is 1.32. The molecule has 2 rings (SSSR count). The first-order valence-electron chi connectivity index (χ1n) is 7.59. The van der Waals surface area contributed by atoms with Crippen LogP contribution in [-0.4, -0.2) is 31.3 Å². The van der Waals surface area contributed by atoms with Gasteiger partial charge in [-0.15, -0.1) is 0 Å². The fraction of sp³-hybridized carbons (Fsp3) is 0.529. The van der Waals surface area contributed by atoms with E-state index >= 15 is 0 Å². The van der Waals surface area contributed by atoms with Gasteiger partial charge in [0.2, 0.25) is 5.91 Å². The van der Waals surface area contributed by atoms with Gasteiger partial charge in [0.15, 0.2) is 5.78 Å². The third kappa shape index (κ3) is 3.16. The molecular weight excluding hydrogens is 264 g/mol. The highest BCUT2D eigenvalue weighted by Crippen LogP contribution is 2.34. The van der Waals surface area contributed by atoms with E-state index in [2.05, 4.69) is 12.2 Å². The second-order valence-corrected chi connectivity index (χ2v) is 6.04. The summed E-state index contributed by atoms with van der Waals surface area (Å²) in [7, 11) is 1.84. The van der Waals surface area contributed by atoms with Crippen molar-refractivity contribution in [3.05, 3.63) is 29.3 Å². The van der Waals surface area contributed by atoms with Crippen LogP contribution in [0.3, 0.4) is 0 Å². The van der Waals surface area contributed by atoms with E-state index in [1.165, 1.54) is 0 Å². The number of amides is 1. The first-order chi connectivity index (χ1) is 9.95. The van der Waals surface area contributed by atoms with Crippen molar-refractivity contribution in [2.45, 2.75) is 39.7 Å². The number of hydrogen-bond donors (Lipinski definition) is 1. The predicted molar refractivity (Wildman–Crippen MR) is 84.8 cm³/mol. The van der Waals surface area contributed by atoms with Crippen molar-refractivity contribution >= 4 is 17.4 Å². The molecule has 1 unspecified atom stereocenters. The molecule has 1 aliphatic rings. The number of rotatable bonds is 5. The highest BCUT2D eigenvalue weighted by atomic mass is 16.2. The van der Waals surface area contributed by atoms with Gasteiger partial charge in [0.25, 0.3) is 0 Å². The van der Waals surface area contributed by atoms with Crippen molar-refractivity contribution in [2.75, 3.05) is 18.5 Å². The topological polar surface area (TPSA) is 49.4 Å². The van der Waals surface area contributed by atoms with Crippen molar-refractivity contribution in [3.63, 3.8) is 0 Å². The molecule has 0 aromatic heterocycles. The van der Waals surface area contributed by atoms with Gasteiger partial charge in [0, 0.05) is 36.2 Å². The van der Waals surface area contributed by atoms with Gasteiger partial charge in [0.05, 0.1) is 0 Å². The maximum atomic E-state index is 12.3. The second-order valence-electron chi connectivity index (χ2n) is 6.04. The third-order valence-corrected chi connectivity index (χ3v) is 3.95. The van der Waals surface area contributed by atoms with E-state index in [0.717, 1.165) is 23.2 Å². The number of nitrogens with zero attached hydrogens (tertiary/aromatic N) is 1. The fourth-order valence-electron chi connectivity index (χ4n) is 2.80. The standard InChI is InChI=1S/C17H24N2O2/c1-11(2)17(21)19-12(3)9-14-10-13(5-6-15(14)19)16(20)7-8-18-4/h5-6,10-12,18H,7-9H2,1-4H3. The number of nitrogens with one attached hydrogen (secondary N) is 1. The molecule has 4 nitrogen and oxygen atoms in total. The zero-order chi connectivity index (χ0) is 15.6. The molecule has 0 radical (unpaired) electrons. The van der Waals surface area contributed by atoms with Crippen molar-refractivity contribution in [2.24, 2.45) is 5.92 Å². The molecule has 1 aliphatic heterocycles. The lowest BCUT2D eigenvalue weighted by molar-refractivity contribution is -0.121. The number of Topliss-reactive ketones (excluding diaryl/α,β-unsaturated/α-hetero) is 1. The van der Waals surface area contributed by atoms with Crippen LogP contribution >= 0.6 is 0 Å². The second kappa shape index (κ2) is 6.39. The maximum absolute atomic E-state index is 12.3. The molecule has 0 bridgehead atoms. The first-order valence-corrected chi connectivity index (χ1v) is 7.59. The Labute approximate surface area is 126 Å². The Morgan fingerprint density at radius 2 is 2.10 bits per heavy atom. The van der Waals surface area contributed by atoms with Crippen LogP contribution in [0.2, 0.25) is 0 Å². The molecule has 21 heavy (non-hydrogen) atoms. The van der Waals surface area contributed by atoms with E-state index in [1.807, 2.05) is 44.0 Å². The number of anilines is 1. The number of carbonyl (C=O) groups is 2. The molecule has 4 heteroatoms. The Kier molecular flexibility index (Phi) is 4.78. The van der Waals surface area contributed by atoms with E-state index in [0.29, 0.717) is 13.0 Å². The van der Waals surface area contributed by atoms with Gasteiger partial charge >= 0.3 is 0 Å². The van der Waals surface area contributed by atoms with Gasteiger partial charge in [-0.2, -0.15) is 0 Å². The molecule has 0 saturated heterocycles. The number of fused-ring (bicyclic) bond motifs is 1. The average molecular weight is 288 g/mol. The van der Waals surface area contributed by atoms with E-state index in [9.17, 15) is 9.59 Å². The van der Waals surface area contributed by atoms with Crippen LogP contribution in [0.15, 0.2) is 18.2 Å². The normalized spacial score (nSPS) is 17.2. The Balaban J connectivity index is 2.25. The van der Waals surface area contributed by atoms with Gasteiger partial charge in [-0.3, -0.25) is 9.59 Å². The van der Waals surface area contributed by atoms with Crippen LogP contribution in [0.4, 0.5) is 5.69 Å². The van der Waals surface area contributed by atoms with Crippen LogP contribution in [-0.2, 0) is 11.2 Å². The van der Waals surface area contributed by atoms with Crippen LogP contribution in [0.1, 0.15) is 43.1 Å². The van der Waals surface area contributed by atoms with Crippen molar-refractivity contribution in [1.82, 2.24) is 5.32 Å². The first kappa shape index (κ1) is 15.7. The molecule has 0 spiro atoms. The van der Waals surface area contributed by atoms with Crippen LogP contribution in [0.5, 0.6) is 0 Å². The smallest absolute Gasteiger partial charge is 0.229 e. The quantitative estimate of drug-likeness (QED) is 0.847. The van der Waals surface area contributed by atoms with Crippen LogP contribution in [0.25, 0.3) is 0 Å². The summed E-state index contributed by atoms with van der Waals surface area (Å²) in [6, 6.07) is 5.89. The summed E-state index contributed by atoms with van der Waals surface area (Å²) in [4.78, 5) is 26.3. The minimum atomic E-state index is -0.0182. The van der Waals surface area contributed by atoms with Gasteiger partial charge in [0.1, 0.15) is 0 Å². The van der Waals surface area contributed by atoms with Crippen LogP contribution in [0, 0.1) is 5.92 Å². The van der Waals surface area contributed by atoms with Gasteiger partial charge in [-0.05, 0) is 44.2 Å². The molecule has 1 aromatic carbocycles. The zero-order valence-corrected chi connectivity index (χ0v) is 13.3. The Morgan fingerprint density at radius 1 is 1.38 bits per heavy atom. The summed E-state index contributed by atoms with van der Waals surface area (Å²) in [5.74, 6) is 0.277.